The van der Waals surface area contributed by atoms with Gasteiger partial charge in [0.25, 0.3) is 0 Å². The zero-order chi connectivity index (χ0) is 10.6. The minimum atomic E-state index is 0.349. The van der Waals surface area contributed by atoms with Crippen molar-refractivity contribution in [3.8, 4) is 0 Å². The highest BCUT2D eigenvalue weighted by molar-refractivity contribution is 9.09. The lowest BCUT2D eigenvalue weighted by Crippen LogP contribution is -2.28. The van der Waals surface area contributed by atoms with Gasteiger partial charge in [-0.25, -0.2) is 4.98 Å². The fourth-order valence-electron chi connectivity index (χ4n) is 1.13. The molecular weight excluding hydrogens is 264 g/mol. The van der Waals surface area contributed by atoms with Crippen LogP contribution in [-0.4, -0.2) is 37.1 Å². The number of halogens is 1. The number of ether oxygens (including phenoxy) is 1. The van der Waals surface area contributed by atoms with E-state index >= 15 is 0 Å². The van der Waals surface area contributed by atoms with Crippen LogP contribution in [-0.2, 0) is 4.74 Å². The molecule has 0 saturated heterocycles. The Morgan fingerprint density at radius 2 is 2.43 bits per heavy atom. The molecule has 1 heterocycles. The Labute approximate surface area is 97.2 Å². The van der Waals surface area contributed by atoms with E-state index in [0.29, 0.717) is 11.4 Å². The lowest BCUT2D eigenvalue weighted by atomic mass is 10.4. The van der Waals surface area contributed by atoms with Crippen molar-refractivity contribution < 1.29 is 4.74 Å². The Balaban J connectivity index is 2.45. The van der Waals surface area contributed by atoms with Crippen molar-refractivity contribution in [1.29, 1.82) is 0 Å². The molecule has 0 fully saturated rings. The Kier molecular flexibility index (Phi) is 4.84. The van der Waals surface area contributed by atoms with Crippen LogP contribution in [0.4, 0.5) is 5.13 Å². The van der Waals surface area contributed by atoms with Crippen molar-refractivity contribution in [2.24, 2.45) is 0 Å². The number of hydrogen-bond donors (Lipinski definition) is 0. The maximum Gasteiger partial charge on any atom is 0.185 e. The van der Waals surface area contributed by atoms with Crippen molar-refractivity contribution in [2.75, 3.05) is 32.2 Å². The van der Waals surface area contributed by atoms with Gasteiger partial charge >= 0.3 is 0 Å². The molecule has 1 aromatic rings. The normalized spacial score (nSPS) is 12.9. The molecule has 0 saturated carbocycles. The van der Waals surface area contributed by atoms with E-state index < -0.39 is 0 Å². The summed E-state index contributed by atoms with van der Waals surface area (Å²) in [4.78, 5) is 6.89. The van der Waals surface area contributed by atoms with Crippen LogP contribution in [0.3, 0.4) is 0 Å². The van der Waals surface area contributed by atoms with E-state index in [9.17, 15) is 0 Å². The van der Waals surface area contributed by atoms with E-state index in [4.69, 9.17) is 4.74 Å². The summed E-state index contributed by atoms with van der Waals surface area (Å²) in [6.45, 7) is 3.63. The number of methoxy groups -OCH3 is 1. The first-order chi connectivity index (χ1) is 6.63. The van der Waals surface area contributed by atoms with Gasteiger partial charge in [-0.3, -0.25) is 0 Å². The molecule has 0 aliphatic heterocycles. The average Bonchev–Trinajstić information content (AvgIpc) is 2.52. The molecule has 0 bridgehead atoms. The first kappa shape index (κ1) is 11.9. The van der Waals surface area contributed by atoms with E-state index in [1.807, 2.05) is 14.0 Å². The van der Waals surface area contributed by atoms with Crippen LogP contribution in [0.15, 0.2) is 5.38 Å². The second-order valence-corrected chi connectivity index (χ2v) is 5.34. The van der Waals surface area contributed by atoms with Gasteiger partial charge in [0.1, 0.15) is 0 Å². The van der Waals surface area contributed by atoms with Crippen LogP contribution in [0.1, 0.15) is 5.69 Å². The van der Waals surface area contributed by atoms with E-state index in [0.717, 1.165) is 17.4 Å². The van der Waals surface area contributed by atoms with Gasteiger partial charge in [0.05, 0.1) is 17.1 Å². The molecule has 0 spiro atoms. The van der Waals surface area contributed by atoms with Crippen LogP contribution in [0, 0.1) is 6.92 Å². The lowest BCUT2D eigenvalue weighted by Gasteiger charge is -2.18. The van der Waals surface area contributed by atoms with Crippen LogP contribution < -0.4 is 4.90 Å². The van der Waals surface area contributed by atoms with Crippen molar-refractivity contribution in [3.63, 3.8) is 0 Å². The molecule has 1 atom stereocenters. The number of alkyl halides is 1. The molecule has 0 aliphatic rings. The molecule has 0 amide bonds. The summed E-state index contributed by atoms with van der Waals surface area (Å²) in [5, 5.41) is 3.12. The second kappa shape index (κ2) is 5.68. The average molecular weight is 279 g/mol. The standard InChI is InChI=1S/C9H15BrN2OS/c1-7-6-14-9(11-7)12(2)4-8(10)5-13-3/h6,8H,4-5H2,1-3H3. The number of anilines is 1. The molecule has 1 unspecified atom stereocenters. The highest BCUT2D eigenvalue weighted by Crippen LogP contribution is 2.19. The number of hydrogen-bond acceptors (Lipinski definition) is 4. The maximum absolute atomic E-state index is 5.06. The summed E-state index contributed by atoms with van der Waals surface area (Å²) in [5.41, 5.74) is 1.08. The number of aryl methyl sites for hydroxylation is 1. The Hall–Kier alpha value is -0.130. The highest BCUT2D eigenvalue weighted by Gasteiger charge is 2.10. The fourth-order valence-corrected chi connectivity index (χ4v) is 2.60. The molecule has 1 rings (SSSR count). The predicted molar refractivity (Wildman–Crippen MR) is 64.7 cm³/mol. The van der Waals surface area contributed by atoms with Crippen molar-refractivity contribution in [2.45, 2.75) is 11.8 Å². The minimum Gasteiger partial charge on any atom is -0.383 e. The van der Waals surface area contributed by atoms with E-state index in [1.165, 1.54) is 0 Å². The molecule has 14 heavy (non-hydrogen) atoms. The first-order valence-corrected chi connectivity index (χ1v) is 6.19. The van der Waals surface area contributed by atoms with Gasteiger partial charge in [0, 0.05) is 26.1 Å². The van der Waals surface area contributed by atoms with Gasteiger partial charge in [0.15, 0.2) is 5.13 Å². The highest BCUT2D eigenvalue weighted by atomic mass is 79.9. The quantitative estimate of drug-likeness (QED) is 0.773. The molecule has 80 valence electrons. The van der Waals surface area contributed by atoms with Gasteiger partial charge < -0.3 is 9.64 Å². The molecule has 3 nitrogen and oxygen atoms in total. The first-order valence-electron chi connectivity index (χ1n) is 4.39. The van der Waals surface area contributed by atoms with Crippen LogP contribution in [0.2, 0.25) is 0 Å². The van der Waals surface area contributed by atoms with Gasteiger partial charge in [-0.05, 0) is 6.92 Å². The molecule has 0 radical (unpaired) electrons. The summed E-state index contributed by atoms with van der Waals surface area (Å²) in [6, 6.07) is 0. The van der Waals surface area contributed by atoms with Crippen molar-refractivity contribution >= 4 is 32.4 Å². The summed E-state index contributed by atoms with van der Waals surface area (Å²) in [7, 11) is 3.75. The van der Waals surface area contributed by atoms with Gasteiger partial charge in [0.2, 0.25) is 0 Å². The fraction of sp³-hybridized carbons (Fsp3) is 0.667. The van der Waals surface area contributed by atoms with E-state index in [1.54, 1.807) is 18.4 Å². The molecule has 5 heteroatoms. The smallest absolute Gasteiger partial charge is 0.185 e. The number of thiazole rings is 1. The minimum absolute atomic E-state index is 0.349. The molecule has 0 N–H and O–H groups in total. The van der Waals surface area contributed by atoms with Gasteiger partial charge in [-0.1, -0.05) is 15.9 Å². The molecular formula is C9H15BrN2OS. The largest absolute Gasteiger partial charge is 0.383 e. The van der Waals surface area contributed by atoms with Gasteiger partial charge in [-0.2, -0.15) is 0 Å². The van der Waals surface area contributed by atoms with Crippen LogP contribution in [0.25, 0.3) is 0 Å². The number of aromatic nitrogens is 1. The third kappa shape index (κ3) is 3.55. The lowest BCUT2D eigenvalue weighted by molar-refractivity contribution is 0.202. The summed E-state index contributed by atoms with van der Waals surface area (Å²) >= 11 is 5.22. The third-order valence-electron chi connectivity index (χ3n) is 1.75. The SMILES string of the molecule is COCC(Br)CN(C)c1nc(C)cs1. The Morgan fingerprint density at radius 1 is 1.71 bits per heavy atom. The predicted octanol–water partition coefficient (Wildman–Crippen LogP) is 2.30. The number of rotatable bonds is 5. The van der Waals surface area contributed by atoms with E-state index in [2.05, 4.69) is 31.2 Å². The Bertz CT molecular complexity index is 280. The van der Waals surface area contributed by atoms with Crippen molar-refractivity contribution in [3.05, 3.63) is 11.1 Å². The Morgan fingerprint density at radius 3 is 2.93 bits per heavy atom. The topological polar surface area (TPSA) is 25.4 Å². The molecule has 0 aromatic carbocycles. The van der Waals surface area contributed by atoms with E-state index in [-0.39, 0.29) is 0 Å². The van der Waals surface area contributed by atoms with Crippen LogP contribution >= 0.6 is 27.3 Å². The number of nitrogens with zero attached hydrogens (tertiary/aromatic N) is 2. The molecule has 0 aliphatic carbocycles. The second-order valence-electron chi connectivity index (χ2n) is 3.20. The summed E-state index contributed by atoms with van der Waals surface area (Å²) in [5.74, 6) is 0. The monoisotopic (exact) mass is 278 g/mol. The summed E-state index contributed by atoms with van der Waals surface area (Å²) in [6.07, 6.45) is 0. The third-order valence-corrected chi connectivity index (χ3v) is 3.38. The van der Waals surface area contributed by atoms with Gasteiger partial charge in [-0.15, -0.1) is 11.3 Å². The maximum atomic E-state index is 5.06. The zero-order valence-corrected chi connectivity index (χ0v) is 11.1. The summed E-state index contributed by atoms with van der Waals surface area (Å²) < 4.78 is 5.06. The van der Waals surface area contributed by atoms with Crippen molar-refractivity contribution in [1.82, 2.24) is 4.98 Å². The zero-order valence-electron chi connectivity index (χ0n) is 8.66. The molecule has 1 aromatic heterocycles. The van der Waals surface area contributed by atoms with Crippen LogP contribution in [0.5, 0.6) is 0 Å².